The highest BCUT2D eigenvalue weighted by Crippen LogP contribution is 2.22. The predicted molar refractivity (Wildman–Crippen MR) is 62.9 cm³/mol. The van der Waals surface area contributed by atoms with E-state index in [-0.39, 0.29) is 5.92 Å². The minimum atomic E-state index is -0.590. The third kappa shape index (κ3) is 1.93. The fourth-order valence-corrected chi connectivity index (χ4v) is 1.93. The SMILES string of the molecule is CCC[C@@H](C)C(O)n1nnc2ccccc21. The number of fused-ring (bicyclic) bond motifs is 1. The van der Waals surface area contributed by atoms with Crippen LogP contribution in [0.3, 0.4) is 0 Å². The van der Waals surface area contributed by atoms with Crippen molar-refractivity contribution in [3.63, 3.8) is 0 Å². The quantitative estimate of drug-likeness (QED) is 0.858. The molecule has 86 valence electrons. The molecule has 2 atom stereocenters. The van der Waals surface area contributed by atoms with Crippen molar-refractivity contribution < 1.29 is 5.11 Å². The molecule has 4 heteroatoms. The average molecular weight is 219 g/mol. The molecule has 0 saturated carbocycles. The van der Waals surface area contributed by atoms with E-state index in [1.807, 2.05) is 31.2 Å². The Bertz CT molecular complexity index is 466. The lowest BCUT2D eigenvalue weighted by Crippen LogP contribution is -2.18. The van der Waals surface area contributed by atoms with Crippen LogP contribution >= 0.6 is 0 Å². The molecule has 0 spiro atoms. The number of hydrogen-bond donors (Lipinski definition) is 1. The summed E-state index contributed by atoms with van der Waals surface area (Å²) in [6, 6.07) is 7.68. The van der Waals surface area contributed by atoms with Crippen LogP contribution in [0.4, 0.5) is 0 Å². The first-order valence-corrected chi connectivity index (χ1v) is 5.72. The van der Waals surface area contributed by atoms with Gasteiger partial charge in [-0.25, -0.2) is 4.68 Å². The molecule has 1 unspecified atom stereocenters. The monoisotopic (exact) mass is 219 g/mol. The van der Waals surface area contributed by atoms with E-state index in [2.05, 4.69) is 17.2 Å². The van der Waals surface area contributed by atoms with Gasteiger partial charge in [0.05, 0.1) is 5.52 Å². The molecule has 0 aliphatic carbocycles. The normalized spacial score (nSPS) is 15.2. The molecule has 0 saturated heterocycles. The molecule has 0 amide bonds. The summed E-state index contributed by atoms with van der Waals surface area (Å²) in [5, 5.41) is 18.2. The third-order valence-electron chi connectivity index (χ3n) is 2.88. The van der Waals surface area contributed by atoms with E-state index >= 15 is 0 Å². The molecule has 16 heavy (non-hydrogen) atoms. The van der Waals surface area contributed by atoms with E-state index in [0.717, 1.165) is 23.9 Å². The van der Waals surface area contributed by atoms with Crippen molar-refractivity contribution in [2.24, 2.45) is 5.92 Å². The molecule has 1 aromatic heterocycles. The summed E-state index contributed by atoms with van der Waals surface area (Å²) in [4.78, 5) is 0. The second-order valence-corrected chi connectivity index (χ2v) is 4.20. The summed E-state index contributed by atoms with van der Waals surface area (Å²) in [7, 11) is 0. The van der Waals surface area contributed by atoms with E-state index in [1.165, 1.54) is 0 Å². The molecule has 2 rings (SSSR count). The molecule has 0 radical (unpaired) electrons. The van der Waals surface area contributed by atoms with E-state index in [0.29, 0.717) is 0 Å². The Kier molecular flexibility index (Phi) is 3.19. The molecule has 4 nitrogen and oxygen atoms in total. The van der Waals surface area contributed by atoms with E-state index < -0.39 is 6.23 Å². The van der Waals surface area contributed by atoms with Gasteiger partial charge in [-0.2, -0.15) is 0 Å². The van der Waals surface area contributed by atoms with Crippen LogP contribution in [0.1, 0.15) is 32.9 Å². The molecule has 1 aromatic carbocycles. The Labute approximate surface area is 94.9 Å². The molecule has 0 bridgehead atoms. The second kappa shape index (κ2) is 4.61. The summed E-state index contributed by atoms with van der Waals surface area (Å²) in [6.07, 6.45) is 1.45. The van der Waals surface area contributed by atoms with Crippen molar-refractivity contribution in [1.82, 2.24) is 15.0 Å². The molecule has 0 aliphatic rings. The first kappa shape index (κ1) is 11.1. The minimum Gasteiger partial charge on any atom is -0.371 e. The number of nitrogens with zero attached hydrogens (tertiary/aromatic N) is 3. The van der Waals surface area contributed by atoms with E-state index in [1.54, 1.807) is 4.68 Å². The first-order valence-electron chi connectivity index (χ1n) is 5.72. The topological polar surface area (TPSA) is 50.9 Å². The van der Waals surface area contributed by atoms with Crippen LogP contribution in [0.5, 0.6) is 0 Å². The van der Waals surface area contributed by atoms with Crippen molar-refractivity contribution in [3.8, 4) is 0 Å². The van der Waals surface area contributed by atoms with Gasteiger partial charge in [-0.15, -0.1) is 5.10 Å². The maximum atomic E-state index is 10.2. The highest BCUT2D eigenvalue weighted by Gasteiger charge is 2.18. The molecule has 2 aromatic rings. The molecule has 1 N–H and O–H groups in total. The highest BCUT2D eigenvalue weighted by molar-refractivity contribution is 5.73. The molecular formula is C12H17N3O. The smallest absolute Gasteiger partial charge is 0.151 e. The maximum absolute atomic E-state index is 10.2. The van der Waals surface area contributed by atoms with Crippen LogP contribution in [-0.2, 0) is 0 Å². The largest absolute Gasteiger partial charge is 0.371 e. The number of aromatic nitrogens is 3. The van der Waals surface area contributed by atoms with Gasteiger partial charge < -0.3 is 5.11 Å². The van der Waals surface area contributed by atoms with Gasteiger partial charge >= 0.3 is 0 Å². The summed E-state index contributed by atoms with van der Waals surface area (Å²) >= 11 is 0. The lowest BCUT2D eigenvalue weighted by atomic mass is 10.0. The first-order chi connectivity index (χ1) is 7.74. The zero-order valence-corrected chi connectivity index (χ0v) is 9.67. The summed E-state index contributed by atoms with van der Waals surface area (Å²) in [5.74, 6) is 0.190. The van der Waals surface area contributed by atoms with Crippen LogP contribution in [0, 0.1) is 5.92 Å². The number of para-hydroxylation sites is 1. The van der Waals surface area contributed by atoms with Crippen LogP contribution < -0.4 is 0 Å². The Morgan fingerprint density at radius 1 is 1.38 bits per heavy atom. The van der Waals surface area contributed by atoms with Gasteiger partial charge in [0, 0.05) is 5.92 Å². The standard InChI is InChI=1S/C12H17N3O/c1-3-6-9(2)12(16)15-11-8-5-4-7-10(11)13-14-15/h4-5,7-9,12,16H,3,6H2,1-2H3/t9-,12?/m1/s1. The van der Waals surface area contributed by atoms with Gasteiger partial charge in [-0.05, 0) is 18.6 Å². The summed E-state index contributed by atoms with van der Waals surface area (Å²) in [5.41, 5.74) is 1.71. The summed E-state index contributed by atoms with van der Waals surface area (Å²) in [6.45, 7) is 4.15. The molecular weight excluding hydrogens is 202 g/mol. The molecule has 1 heterocycles. The van der Waals surface area contributed by atoms with Crippen molar-refractivity contribution >= 4 is 11.0 Å². The number of aliphatic hydroxyl groups excluding tert-OH is 1. The Morgan fingerprint density at radius 3 is 2.88 bits per heavy atom. The predicted octanol–water partition coefficient (Wildman–Crippen LogP) is 2.36. The van der Waals surface area contributed by atoms with Gasteiger partial charge in [-0.3, -0.25) is 0 Å². The number of rotatable bonds is 4. The molecule has 0 aliphatic heterocycles. The minimum absolute atomic E-state index is 0.190. The zero-order chi connectivity index (χ0) is 11.5. The van der Waals surface area contributed by atoms with E-state index in [9.17, 15) is 5.11 Å². The van der Waals surface area contributed by atoms with Gasteiger partial charge in [0.25, 0.3) is 0 Å². The van der Waals surface area contributed by atoms with Gasteiger partial charge in [0.2, 0.25) is 0 Å². The second-order valence-electron chi connectivity index (χ2n) is 4.20. The fourth-order valence-electron chi connectivity index (χ4n) is 1.93. The van der Waals surface area contributed by atoms with Gasteiger partial charge in [0.15, 0.2) is 6.23 Å². The number of aliphatic hydroxyl groups is 1. The van der Waals surface area contributed by atoms with Crippen molar-refractivity contribution in [2.75, 3.05) is 0 Å². The Balaban J connectivity index is 2.32. The average Bonchev–Trinajstić information content (AvgIpc) is 2.72. The third-order valence-corrected chi connectivity index (χ3v) is 2.88. The van der Waals surface area contributed by atoms with Crippen LogP contribution in [0.25, 0.3) is 11.0 Å². The van der Waals surface area contributed by atoms with Gasteiger partial charge in [-0.1, -0.05) is 37.6 Å². The zero-order valence-electron chi connectivity index (χ0n) is 9.67. The van der Waals surface area contributed by atoms with Crippen LogP contribution in [0.2, 0.25) is 0 Å². The highest BCUT2D eigenvalue weighted by atomic mass is 16.3. The van der Waals surface area contributed by atoms with Crippen molar-refractivity contribution in [3.05, 3.63) is 24.3 Å². The van der Waals surface area contributed by atoms with Crippen LogP contribution in [0.15, 0.2) is 24.3 Å². The number of benzene rings is 1. The lowest BCUT2D eigenvalue weighted by molar-refractivity contribution is 0.0358. The van der Waals surface area contributed by atoms with Crippen LogP contribution in [-0.4, -0.2) is 20.1 Å². The fraction of sp³-hybridized carbons (Fsp3) is 0.500. The Morgan fingerprint density at radius 2 is 2.12 bits per heavy atom. The maximum Gasteiger partial charge on any atom is 0.151 e. The van der Waals surface area contributed by atoms with Gasteiger partial charge in [0.1, 0.15) is 5.52 Å². The Hall–Kier alpha value is -1.42. The summed E-state index contributed by atoms with van der Waals surface area (Å²) < 4.78 is 1.61. The van der Waals surface area contributed by atoms with Crippen molar-refractivity contribution in [1.29, 1.82) is 0 Å². The molecule has 0 fully saturated rings. The lowest BCUT2D eigenvalue weighted by Gasteiger charge is -2.18. The van der Waals surface area contributed by atoms with E-state index in [4.69, 9.17) is 0 Å². The van der Waals surface area contributed by atoms with Crippen molar-refractivity contribution in [2.45, 2.75) is 32.9 Å². The number of hydrogen-bond acceptors (Lipinski definition) is 3.